The lowest BCUT2D eigenvalue weighted by atomic mass is 10.0. The van der Waals surface area contributed by atoms with Crippen LogP contribution in [-0.2, 0) is 12.8 Å². The van der Waals surface area contributed by atoms with Crippen LogP contribution in [0.5, 0.6) is 11.5 Å². The molecule has 0 aliphatic carbocycles. The average molecular weight is 864 g/mol. The Balaban J connectivity index is 2.52. The highest BCUT2D eigenvalue weighted by molar-refractivity contribution is 14.1. The van der Waals surface area contributed by atoms with Crippen molar-refractivity contribution in [2.45, 2.75) is 65.2 Å². The minimum Gasteiger partial charge on any atom is -0.453 e. The Morgan fingerprint density at radius 3 is 1.42 bits per heavy atom. The zero-order chi connectivity index (χ0) is 23.0. The molecule has 3 nitrogen and oxygen atoms in total. The number of ether oxygens (including phenoxy) is 1. The van der Waals surface area contributed by atoms with Crippen molar-refractivity contribution in [1.29, 1.82) is 10.5 Å². The molecule has 7 heteroatoms. The maximum absolute atomic E-state index is 9.66. The van der Waals surface area contributed by atoms with E-state index in [1.54, 1.807) is 0 Å². The number of hydrogen-bond donors (Lipinski definition) is 0. The van der Waals surface area contributed by atoms with Crippen molar-refractivity contribution in [3.63, 3.8) is 0 Å². The fourth-order valence-corrected chi connectivity index (χ4v) is 7.70. The Labute approximate surface area is 240 Å². The highest BCUT2D eigenvalue weighted by Gasteiger charge is 2.21. The van der Waals surface area contributed by atoms with Gasteiger partial charge in [0.1, 0.15) is 0 Å². The van der Waals surface area contributed by atoms with Crippen molar-refractivity contribution < 1.29 is 4.74 Å². The van der Waals surface area contributed by atoms with Gasteiger partial charge in [0.15, 0.2) is 11.5 Å². The van der Waals surface area contributed by atoms with E-state index in [2.05, 4.69) is 116 Å². The second-order valence-electron chi connectivity index (χ2n) is 7.30. The molecule has 0 unspecified atom stereocenters. The molecule has 0 bridgehead atoms. The van der Waals surface area contributed by atoms with Gasteiger partial charge >= 0.3 is 0 Å². The summed E-state index contributed by atoms with van der Waals surface area (Å²) < 4.78 is 10.4. The standard InChI is InChI=1S/C24H24I4N2O/c1-3-5-7-9-17-15(13-29)11-19(25)23(21(17)27)31-24-20(26)12-16(14-30)18(22(24)28)10-8-6-4-2/h11-12H,3-10H2,1-2H3. The largest absolute Gasteiger partial charge is 0.453 e. The number of nitrogens with zero attached hydrogens (tertiary/aromatic N) is 2. The highest BCUT2D eigenvalue weighted by atomic mass is 127. The topological polar surface area (TPSA) is 56.8 Å². The van der Waals surface area contributed by atoms with Gasteiger partial charge in [-0.15, -0.1) is 0 Å². The summed E-state index contributed by atoms with van der Waals surface area (Å²) in [4.78, 5) is 0. The van der Waals surface area contributed by atoms with E-state index in [4.69, 9.17) is 4.74 Å². The van der Waals surface area contributed by atoms with Gasteiger partial charge in [-0.05, 0) is 139 Å². The number of nitriles is 2. The van der Waals surface area contributed by atoms with E-state index in [-0.39, 0.29) is 0 Å². The van der Waals surface area contributed by atoms with E-state index in [0.29, 0.717) is 0 Å². The van der Waals surface area contributed by atoms with E-state index in [0.717, 1.165) is 99.4 Å². The van der Waals surface area contributed by atoms with Gasteiger partial charge in [0.25, 0.3) is 0 Å². The summed E-state index contributed by atoms with van der Waals surface area (Å²) in [6.45, 7) is 4.37. The predicted molar refractivity (Wildman–Crippen MR) is 160 cm³/mol. The average Bonchev–Trinajstić information content (AvgIpc) is 2.75. The monoisotopic (exact) mass is 864 g/mol. The van der Waals surface area contributed by atoms with Crippen LogP contribution in [0.15, 0.2) is 12.1 Å². The van der Waals surface area contributed by atoms with Crippen molar-refractivity contribution in [2.75, 3.05) is 0 Å². The van der Waals surface area contributed by atoms with Crippen LogP contribution in [0.3, 0.4) is 0 Å². The molecule has 2 rings (SSSR count). The Hall–Kier alpha value is 0.140. The second-order valence-corrected chi connectivity index (χ2v) is 11.8. The summed E-state index contributed by atoms with van der Waals surface area (Å²) in [5, 5.41) is 19.3. The molecule has 0 radical (unpaired) electrons. The summed E-state index contributed by atoms with van der Waals surface area (Å²) in [7, 11) is 0. The normalized spacial score (nSPS) is 10.6. The van der Waals surface area contributed by atoms with Crippen LogP contribution in [0.4, 0.5) is 0 Å². The second kappa shape index (κ2) is 13.8. The predicted octanol–water partition coefficient (Wildman–Crippen LogP) is 9.11. The highest BCUT2D eigenvalue weighted by Crippen LogP contribution is 2.41. The molecule has 0 aliphatic heterocycles. The van der Waals surface area contributed by atoms with Gasteiger partial charge < -0.3 is 4.74 Å². The first kappa shape index (κ1) is 27.4. The lowest BCUT2D eigenvalue weighted by Gasteiger charge is -2.19. The molecular formula is C24H24I4N2O. The first-order chi connectivity index (χ1) is 14.9. The van der Waals surface area contributed by atoms with Crippen LogP contribution in [-0.4, -0.2) is 0 Å². The van der Waals surface area contributed by atoms with Gasteiger partial charge in [0.2, 0.25) is 0 Å². The number of unbranched alkanes of at least 4 members (excludes halogenated alkanes) is 4. The van der Waals surface area contributed by atoms with E-state index in [1.807, 2.05) is 12.1 Å². The Morgan fingerprint density at radius 1 is 0.710 bits per heavy atom. The van der Waals surface area contributed by atoms with Crippen LogP contribution in [0.2, 0.25) is 0 Å². The van der Waals surface area contributed by atoms with Crippen LogP contribution in [0.25, 0.3) is 0 Å². The Bertz CT molecular complexity index is 941. The summed E-state index contributed by atoms with van der Waals surface area (Å²) in [5.74, 6) is 1.62. The molecule has 0 fully saturated rings. The van der Waals surface area contributed by atoms with Gasteiger partial charge in [-0.2, -0.15) is 10.5 Å². The van der Waals surface area contributed by atoms with Crippen LogP contribution >= 0.6 is 90.4 Å². The molecule has 0 atom stereocenters. The molecule has 31 heavy (non-hydrogen) atoms. The van der Waals surface area contributed by atoms with Crippen LogP contribution in [0.1, 0.15) is 74.6 Å². The molecule has 0 aliphatic rings. The third-order valence-electron chi connectivity index (χ3n) is 5.06. The maximum atomic E-state index is 9.66. The fraction of sp³-hybridized carbons (Fsp3) is 0.417. The summed E-state index contributed by atoms with van der Waals surface area (Å²) in [5.41, 5.74) is 3.63. The van der Waals surface area contributed by atoms with Gasteiger partial charge in [-0.3, -0.25) is 0 Å². The van der Waals surface area contributed by atoms with E-state index in [1.165, 1.54) is 0 Å². The minimum absolute atomic E-state index is 0.738. The summed E-state index contributed by atoms with van der Waals surface area (Å²) in [6.07, 6.45) is 8.48. The van der Waals surface area contributed by atoms with Crippen LogP contribution < -0.4 is 4.74 Å². The molecule has 2 aromatic carbocycles. The third kappa shape index (κ3) is 7.06. The molecule has 0 saturated carbocycles. The quantitative estimate of drug-likeness (QED) is 0.177. The lowest BCUT2D eigenvalue weighted by Crippen LogP contribution is -2.05. The number of benzene rings is 2. The van der Waals surface area contributed by atoms with Crippen molar-refractivity contribution >= 4 is 90.4 Å². The SMILES string of the molecule is CCCCCc1c(C#N)cc(I)c(Oc2c(I)cc(C#N)c(CCCCC)c2I)c1I. The number of hydrogen-bond acceptors (Lipinski definition) is 3. The van der Waals surface area contributed by atoms with Gasteiger partial charge in [-0.25, -0.2) is 0 Å². The molecular weight excluding hydrogens is 840 g/mol. The summed E-state index contributed by atoms with van der Waals surface area (Å²) in [6, 6.07) is 8.60. The van der Waals surface area contributed by atoms with E-state index < -0.39 is 0 Å². The maximum Gasteiger partial charge on any atom is 0.154 e. The Kier molecular flexibility index (Phi) is 12.1. The van der Waals surface area contributed by atoms with Crippen molar-refractivity contribution in [3.05, 3.63) is 48.7 Å². The molecule has 0 heterocycles. The van der Waals surface area contributed by atoms with E-state index in [9.17, 15) is 10.5 Å². The smallest absolute Gasteiger partial charge is 0.154 e. The fourth-order valence-electron chi connectivity index (χ4n) is 3.36. The van der Waals surface area contributed by atoms with Crippen molar-refractivity contribution in [2.24, 2.45) is 0 Å². The van der Waals surface area contributed by atoms with Crippen molar-refractivity contribution in [3.8, 4) is 23.6 Å². The van der Waals surface area contributed by atoms with E-state index >= 15 is 0 Å². The molecule has 0 spiro atoms. The Morgan fingerprint density at radius 2 is 1.10 bits per heavy atom. The lowest BCUT2D eigenvalue weighted by molar-refractivity contribution is 0.466. The van der Waals surface area contributed by atoms with Gasteiger partial charge in [-0.1, -0.05) is 39.5 Å². The summed E-state index contributed by atoms with van der Waals surface area (Å²) >= 11 is 9.18. The zero-order valence-corrected chi connectivity index (χ0v) is 26.3. The van der Waals surface area contributed by atoms with Gasteiger partial charge in [0, 0.05) is 0 Å². The molecule has 0 amide bonds. The number of rotatable bonds is 10. The molecule has 0 N–H and O–H groups in total. The third-order valence-corrected chi connectivity index (χ3v) is 8.95. The van der Waals surface area contributed by atoms with Crippen molar-refractivity contribution in [1.82, 2.24) is 0 Å². The molecule has 0 saturated heterocycles. The minimum atomic E-state index is 0.738. The first-order valence-corrected chi connectivity index (χ1v) is 14.7. The van der Waals surface area contributed by atoms with Crippen LogP contribution in [0, 0.1) is 36.9 Å². The molecule has 164 valence electrons. The molecule has 0 aromatic heterocycles. The zero-order valence-electron chi connectivity index (χ0n) is 17.6. The number of halogens is 4. The van der Waals surface area contributed by atoms with Gasteiger partial charge in [0.05, 0.1) is 37.5 Å². The first-order valence-electron chi connectivity index (χ1n) is 10.4. The molecule has 2 aromatic rings.